The third-order valence-electron chi connectivity index (χ3n) is 3.37. The highest BCUT2D eigenvalue weighted by molar-refractivity contribution is 8.00. The van der Waals surface area contributed by atoms with Crippen LogP contribution in [0.15, 0.2) is 17.6 Å². The van der Waals surface area contributed by atoms with E-state index in [1.165, 1.54) is 27.7 Å². The molecule has 0 aromatic carbocycles. The summed E-state index contributed by atoms with van der Waals surface area (Å²) in [7, 11) is 0. The maximum absolute atomic E-state index is 12.1. The summed E-state index contributed by atoms with van der Waals surface area (Å²) in [5.74, 6) is -1.45. The Hall–Kier alpha value is -2.43. The number of amides is 2. The molecule has 2 aliphatic heterocycles. The zero-order valence-corrected chi connectivity index (χ0v) is 12.3. The lowest BCUT2D eigenvalue weighted by molar-refractivity contribution is -0.150. The number of hydrogen-bond donors (Lipinski definition) is 2. The summed E-state index contributed by atoms with van der Waals surface area (Å²) < 4.78 is 1.23. The van der Waals surface area contributed by atoms with Gasteiger partial charge < -0.3 is 10.4 Å². The van der Waals surface area contributed by atoms with E-state index in [-0.39, 0.29) is 17.6 Å². The summed E-state index contributed by atoms with van der Waals surface area (Å²) in [5, 5.41) is 21.8. The second-order valence-electron chi connectivity index (χ2n) is 4.90. The minimum absolute atomic E-state index is 0.0136. The van der Waals surface area contributed by atoms with Crippen molar-refractivity contribution in [3.63, 3.8) is 0 Å². The first-order chi connectivity index (χ1) is 10.5. The van der Waals surface area contributed by atoms with E-state index < -0.39 is 23.8 Å². The van der Waals surface area contributed by atoms with Crippen LogP contribution in [0.4, 0.5) is 0 Å². The number of rotatable bonds is 4. The molecule has 1 aromatic rings. The van der Waals surface area contributed by atoms with E-state index >= 15 is 0 Å². The smallest absolute Gasteiger partial charge is 0.352 e. The zero-order chi connectivity index (χ0) is 15.9. The van der Waals surface area contributed by atoms with Gasteiger partial charge in [-0.3, -0.25) is 14.5 Å². The van der Waals surface area contributed by atoms with Gasteiger partial charge in [0.25, 0.3) is 5.91 Å². The van der Waals surface area contributed by atoms with Crippen molar-refractivity contribution in [3.8, 4) is 0 Å². The van der Waals surface area contributed by atoms with Gasteiger partial charge in [0.05, 0.1) is 0 Å². The van der Waals surface area contributed by atoms with Crippen LogP contribution < -0.4 is 5.32 Å². The van der Waals surface area contributed by atoms with Crippen molar-refractivity contribution in [1.82, 2.24) is 30.4 Å². The Labute approximate surface area is 128 Å². The largest absolute Gasteiger partial charge is 0.477 e. The number of hydrogen-bond acceptors (Lipinski definition) is 7. The van der Waals surface area contributed by atoms with Gasteiger partial charge in [-0.1, -0.05) is 0 Å². The highest BCUT2D eigenvalue weighted by Crippen LogP contribution is 2.39. The van der Waals surface area contributed by atoms with Crippen molar-refractivity contribution in [2.75, 3.05) is 5.75 Å². The molecule has 11 heteroatoms. The zero-order valence-electron chi connectivity index (χ0n) is 11.5. The van der Waals surface area contributed by atoms with Crippen molar-refractivity contribution in [2.24, 2.45) is 0 Å². The van der Waals surface area contributed by atoms with Crippen molar-refractivity contribution in [2.45, 2.75) is 24.9 Å². The monoisotopic (exact) mass is 324 g/mol. The van der Waals surface area contributed by atoms with Crippen LogP contribution in [0.25, 0.3) is 0 Å². The number of nitrogens with one attached hydrogen (secondary N) is 1. The summed E-state index contributed by atoms with van der Waals surface area (Å²) >= 11 is 1.43. The molecule has 22 heavy (non-hydrogen) atoms. The number of tetrazole rings is 1. The molecule has 0 aliphatic carbocycles. The molecule has 0 spiro atoms. The third-order valence-corrected chi connectivity index (χ3v) is 4.80. The normalized spacial score (nSPS) is 23.9. The van der Waals surface area contributed by atoms with E-state index in [0.29, 0.717) is 11.3 Å². The molecule has 1 aromatic heterocycles. The van der Waals surface area contributed by atoms with Crippen LogP contribution >= 0.6 is 11.8 Å². The molecule has 3 heterocycles. The molecule has 2 amide bonds. The number of aromatic nitrogens is 4. The first-order valence-electron chi connectivity index (χ1n) is 6.37. The highest BCUT2D eigenvalue weighted by Gasteiger charge is 2.53. The van der Waals surface area contributed by atoms with Crippen molar-refractivity contribution >= 4 is 29.5 Å². The fraction of sp³-hybridized carbons (Fsp3) is 0.455. The van der Waals surface area contributed by atoms with E-state index in [1.807, 2.05) is 0 Å². The summed E-state index contributed by atoms with van der Waals surface area (Å²) in [5.41, 5.74) is 0.653. The summed E-state index contributed by atoms with van der Waals surface area (Å²) in [6.07, 6.45) is 1.29. The minimum atomic E-state index is -1.13. The Morgan fingerprint density at radius 3 is 2.95 bits per heavy atom. The lowest BCUT2D eigenvalue weighted by Crippen LogP contribution is -2.70. The van der Waals surface area contributed by atoms with Gasteiger partial charge in [0.1, 0.15) is 30.0 Å². The van der Waals surface area contributed by atoms with Gasteiger partial charge in [0.15, 0.2) is 0 Å². The lowest BCUT2D eigenvalue weighted by atomic mass is 10.0. The fourth-order valence-electron chi connectivity index (χ4n) is 2.39. The van der Waals surface area contributed by atoms with Crippen molar-refractivity contribution < 1.29 is 19.5 Å². The van der Waals surface area contributed by atoms with E-state index in [9.17, 15) is 19.5 Å². The predicted molar refractivity (Wildman–Crippen MR) is 73.2 cm³/mol. The predicted octanol–water partition coefficient (Wildman–Crippen LogP) is -1.57. The van der Waals surface area contributed by atoms with Gasteiger partial charge in [-0.15, -0.1) is 16.9 Å². The molecule has 0 unspecified atom stereocenters. The van der Waals surface area contributed by atoms with Gasteiger partial charge in [-0.25, -0.2) is 9.48 Å². The molecule has 3 rings (SSSR count). The first kappa shape index (κ1) is 14.5. The van der Waals surface area contributed by atoms with E-state index in [4.69, 9.17) is 0 Å². The van der Waals surface area contributed by atoms with Gasteiger partial charge in [-0.05, 0) is 22.9 Å². The van der Waals surface area contributed by atoms with Gasteiger partial charge in [0, 0.05) is 5.75 Å². The molecule has 2 aliphatic rings. The minimum Gasteiger partial charge on any atom is -0.477 e. The van der Waals surface area contributed by atoms with Crippen molar-refractivity contribution in [1.29, 1.82) is 0 Å². The molecular weight excluding hydrogens is 312 g/mol. The first-order valence-corrected chi connectivity index (χ1v) is 7.41. The summed E-state index contributed by atoms with van der Waals surface area (Å²) in [4.78, 5) is 36.5. The molecule has 116 valence electrons. The molecule has 2 atom stereocenters. The number of fused-ring (bicyclic) bond motifs is 1. The molecule has 0 saturated carbocycles. The number of carbonyl (C=O) groups excluding carboxylic acids is 2. The van der Waals surface area contributed by atoms with E-state index in [0.717, 1.165) is 0 Å². The maximum Gasteiger partial charge on any atom is 0.352 e. The van der Waals surface area contributed by atoms with Gasteiger partial charge >= 0.3 is 5.97 Å². The van der Waals surface area contributed by atoms with E-state index in [1.54, 1.807) is 6.92 Å². The van der Waals surface area contributed by atoms with Crippen LogP contribution in [0.1, 0.15) is 6.92 Å². The summed E-state index contributed by atoms with van der Waals surface area (Å²) in [6.45, 7) is 1.58. The van der Waals surface area contributed by atoms with Crippen LogP contribution in [0.3, 0.4) is 0 Å². The Kier molecular flexibility index (Phi) is 3.56. The molecule has 10 nitrogen and oxygen atoms in total. The number of carboxylic acid groups (broad SMARTS) is 1. The molecular formula is C11H12N6O4S. The average Bonchev–Trinajstić information content (AvgIpc) is 2.97. The molecule has 0 radical (unpaired) electrons. The quantitative estimate of drug-likeness (QED) is 0.635. The number of carbonyl (C=O) groups is 3. The lowest BCUT2D eigenvalue weighted by Gasteiger charge is -2.49. The number of aliphatic carboxylic acids is 1. The Bertz CT molecular complexity index is 672. The van der Waals surface area contributed by atoms with Gasteiger partial charge in [0.2, 0.25) is 5.91 Å². The second-order valence-corrected chi connectivity index (χ2v) is 6.00. The summed E-state index contributed by atoms with van der Waals surface area (Å²) in [6, 6.07) is -0.726. The number of β-lactam (4-membered cyclic amide) rings is 1. The second kappa shape index (κ2) is 5.40. The van der Waals surface area contributed by atoms with Crippen LogP contribution in [-0.4, -0.2) is 65.2 Å². The van der Waals surface area contributed by atoms with Crippen molar-refractivity contribution in [3.05, 3.63) is 17.6 Å². The Morgan fingerprint density at radius 2 is 2.32 bits per heavy atom. The molecule has 1 fully saturated rings. The number of nitrogens with zero attached hydrogens (tertiary/aromatic N) is 5. The number of carboxylic acids is 1. The third kappa shape index (κ3) is 2.32. The highest BCUT2D eigenvalue weighted by atomic mass is 32.2. The van der Waals surface area contributed by atoms with Gasteiger partial charge in [-0.2, -0.15) is 0 Å². The van der Waals surface area contributed by atoms with Crippen LogP contribution in [0.2, 0.25) is 0 Å². The topological polar surface area (TPSA) is 130 Å². The van der Waals surface area contributed by atoms with Crippen LogP contribution in [-0.2, 0) is 20.9 Å². The fourth-order valence-corrected chi connectivity index (χ4v) is 3.69. The maximum atomic E-state index is 12.1. The molecule has 2 N–H and O–H groups in total. The average molecular weight is 324 g/mol. The van der Waals surface area contributed by atoms with E-state index in [2.05, 4.69) is 20.8 Å². The SMILES string of the molecule is CC1=C(C(=O)O)N2C(=O)[C@H](NC(=O)Cn3cnnn3)[C@@H]2SC1. The Morgan fingerprint density at radius 1 is 1.55 bits per heavy atom. The number of thioether (sulfide) groups is 1. The van der Waals surface area contributed by atoms with Crippen LogP contribution in [0, 0.1) is 0 Å². The van der Waals surface area contributed by atoms with Crippen LogP contribution in [0.5, 0.6) is 0 Å². The Balaban J connectivity index is 1.68. The molecule has 0 bridgehead atoms. The standard InChI is InChI=1S/C11H12N6O4S/c1-5-3-22-10-7(9(19)17(10)8(5)11(20)21)13-6(18)2-16-4-12-14-15-16/h4,7,10H,2-3H2,1H3,(H,13,18)(H,20,21)/t7-,10-/m0/s1. The molecule has 1 saturated heterocycles.